The Morgan fingerprint density at radius 1 is 0.708 bits per heavy atom. The Hall–Kier alpha value is -2.62. The van der Waals surface area contributed by atoms with E-state index in [4.69, 9.17) is 0 Å². The Kier molecular flexibility index (Phi) is 3.07. The van der Waals surface area contributed by atoms with Crippen molar-refractivity contribution in [2.45, 2.75) is 25.7 Å². The van der Waals surface area contributed by atoms with E-state index < -0.39 is 11.8 Å². The Bertz CT molecular complexity index is 814. The Labute approximate surface area is 141 Å². The summed E-state index contributed by atoms with van der Waals surface area (Å²) in [6, 6.07) is 12.1. The number of hydrogen-bond donors (Lipinski definition) is 0. The molecule has 4 rings (SSSR count). The van der Waals surface area contributed by atoms with E-state index in [2.05, 4.69) is 0 Å². The van der Waals surface area contributed by atoms with Crippen LogP contribution in [-0.2, 0) is 9.59 Å². The molecule has 0 spiro atoms. The quantitative estimate of drug-likeness (QED) is 0.810. The van der Waals surface area contributed by atoms with Crippen LogP contribution < -0.4 is 9.80 Å². The van der Waals surface area contributed by atoms with Gasteiger partial charge in [-0.3, -0.25) is 9.59 Å². The average molecular weight is 320 g/mol. The third-order valence-electron chi connectivity index (χ3n) is 5.29. The minimum Gasteiger partial charge on any atom is -0.315 e. The number of anilines is 2. The zero-order valence-corrected chi connectivity index (χ0v) is 14.3. The first-order valence-corrected chi connectivity index (χ1v) is 8.16. The van der Waals surface area contributed by atoms with E-state index in [1.54, 1.807) is 23.9 Å². The standard InChI is InChI=1S/C20H20N2O2/c1-11-5-7-13-15(9-11)21(3)19(23)17(13)18-14-8-6-12(2)10-16(14)22(4)20(18)24/h5-10,17-18H,1-4H3. The van der Waals surface area contributed by atoms with Crippen LogP contribution in [0.3, 0.4) is 0 Å². The molecule has 2 aromatic carbocycles. The van der Waals surface area contributed by atoms with Crippen LogP contribution in [0.4, 0.5) is 11.4 Å². The summed E-state index contributed by atoms with van der Waals surface area (Å²) in [6.07, 6.45) is 0. The van der Waals surface area contributed by atoms with Gasteiger partial charge in [0.05, 0.1) is 11.8 Å². The summed E-state index contributed by atoms with van der Waals surface area (Å²) in [6.45, 7) is 4.02. The molecule has 0 N–H and O–H groups in total. The summed E-state index contributed by atoms with van der Waals surface area (Å²) < 4.78 is 0. The Morgan fingerprint density at radius 3 is 1.46 bits per heavy atom. The van der Waals surface area contributed by atoms with Gasteiger partial charge in [0.25, 0.3) is 0 Å². The lowest BCUT2D eigenvalue weighted by Gasteiger charge is -2.18. The molecule has 0 saturated heterocycles. The van der Waals surface area contributed by atoms with Gasteiger partial charge in [0.1, 0.15) is 0 Å². The molecule has 0 aromatic heterocycles. The highest BCUT2D eigenvalue weighted by Crippen LogP contribution is 2.50. The highest BCUT2D eigenvalue weighted by Gasteiger charge is 2.48. The van der Waals surface area contributed by atoms with Gasteiger partial charge in [-0.25, -0.2) is 0 Å². The van der Waals surface area contributed by atoms with E-state index >= 15 is 0 Å². The van der Waals surface area contributed by atoms with Crippen molar-refractivity contribution < 1.29 is 9.59 Å². The molecule has 4 nitrogen and oxygen atoms in total. The van der Waals surface area contributed by atoms with E-state index in [1.165, 1.54) is 0 Å². The van der Waals surface area contributed by atoms with Crippen molar-refractivity contribution in [1.29, 1.82) is 0 Å². The molecule has 2 aliphatic rings. The number of nitrogens with zero attached hydrogens (tertiary/aromatic N) is 2. The third-order valence-corrected chi connectivity index (χ3v) is 5.29. The Balaban J connectivity index is 1.89. The van der Waals surface area contributed by atoms with Gasteiger partial charge in [-0.1, -0.05) is 24.3 Å². The van der Waals surface area contributed by atoms with Crippen LogP contribution in [0.1, 0.15) is 34.1 Å². The highest BCUT2D eigenvalue weighted by molar-refractivity contribution is 6.13. The SMILES string of the molecule is Cc1ccc2c(c1)N(C)C(=O)C2C1C(=O)N(C)c2cc(C)ccc21. The maximum absolute atomic E-state index is 12.9. The number of rotatable bonds is 1. The molecular formula is C20H20N2O2. The van der Waals surface area contributed by atoms with E-state index in [-0.39, 0.29) is 11.8 Å². The molecule has 2 unspecified atom stereocenters. The first-order valence-electron chi connectivity index (χ1n) is 8.16. The molecule has 2 heterocycles. The summed E-state index contributed by atoms with van der Waals surface area (Å²) in [5.74, 6) is -0.888. The normalized spacial score (nSPS) is 22.2. The smallest absolute Gasteiger partial charge is 0.235 e. The van der Waals surface area contributed by atoms with Crippen molar-refractivity contribution in [3.63, 3.8) is 0 Å². The first kappa shape index (κ1) is 14.9. The third kappa shape index (κ3) is 1.86. The van der Waals surface area contributed by atoms with E-state index in [0.717, 1.165) is 33.6 Å². The largest absolute Gasteiger partial charge is 0.315 e. The monoisotopic (exact) mass is 320 g/mol. The van der Waals surface area contributed by atoms with Gasteiger partial charge >= 0.3 is 0 Å². The minimum absolute atomic E-state index is 0.00391. The molecule has 24 heavy (non-hydrogen) atoms. The van der Waals surface area contributed by atoms with Gasteiger partial charge in [-0.05, 0) is 48.2 Å². The lowest BCUT2D eigenvalue weighted by Crippen LogP contribution is -2.32. The molecule has 2 aliphatic heterocycles. The lowest BCUT2D eigenvalue weighted by molar-refractivity contribution is -0.125. The van der Waals surface area contributed by atoms with Crippen LogP contribution in [-0.4, -0.2) is 25.9 Å². The van der Waals surface area contributed by atoms with Crippen LogP contribution in [0.2, 0.25) is 0 Å². The van der Waals surface area contributed by atoms with Gasteiger partial charge in [-0.15, -0.1) is 0 Å². The molecule has 0 saturated carbocycles. The zero-order chi connectivity index (χ0) is 17.2. The van der Waals surface area contributed by atoms with Gasteiger partial charge in [0, 0.05) is 25.5 Å². The number of carbonyl (C=O) groups excluding carboxylic acids is 2. The summed E-state index contributed by atoms with van der Waals surface area (Å²) in [5, 5.41) is 0. The zero-order valence-electron chi connectivity index (χ0n) is 14.3. The summed E-state index contributed by atoms with van der Waals surface area (Å²) in [4.78, 5) is 29.3. The molecule has 0 fully saturated rings. The average Bonchev–Trinajstić information content (AvgIpc) is 2.93. The molecule has 0 aliphatic carbocycles. The number of amides is 2. The Morgan fingerprint density at radius 2 is 1.08 bits per heavy atom. The predicted molar refractivity (Wildman–Crippen MR) is 94.7 cm³/mol. The number of aryl methyl sites for hydroxylation is 2. The second-order valence-electron chi connectivity index (χ2n) is 6.87. The molecule has 0 bridgehead atoms. The summed E-state index contributed by atoms with van der Waals surface area (Å²) in [5.41, 5.74) is 5.96. The fourth-order valence-electron chi connectivity index (χ4n) is 3.98. The molecular weight excluding hydrogens is 300 g/mol. The van der Waals surface area contributed by atoms with Crippen molar-refractivity contribution in [2.24, 2.45) is 0 Å². The molecule has 122 valence electrons. The number of hydrogen-bond acceptors (Lipinski definition) is 2. The second kappa shape index (κ2) is 4.94. The van der Waals surface area contributed by atoms with Crippen LogP contribution in [0, 0.1) is 13.8 Å². The van der Waals surface area contributed by atoms with Crippen LogP contribution >= 0.6 is 0 Å². The van der Waals surface area contributed by atoms with Gasteiger partial charge in [0.15, 0.2) is 0 Å². The number of likely N-dealkylation sites (N-methyl/N-ethyl adjacent to an activating group) is 2. The van der Waals surface area contributed by atoms with E-state index in [0.29, 0.717) is 0 Å². The van der Waals surface area contributed by atoms with Gasteiger partial charge < -0.3 is 9.80 Å². The summed E-state index contributed by atoms with van der Waals surface area (Å²) in [7, 11) is 3.58. The van der Waals surface area contributed by atoms with Crippen molar-refractivity contribution in [1.82, 2.24) is 0 Å². The predicted octanol–water partition coefficient (Wildman–Crippen LogP) is 3.12. The molecule has 2 amide bonds. The molecule has 0 radical (unpaired) electrons. The van der Waals surface area contributed by atoms with E-state index in [1.807, 2.05) is 50.2 Å². The number of carbonyl (C=O) groups is 2. The maximum atomic E-state index is 12.9. The molecule has 4 heteroatoms. The van der Waals surface area contributed by atoms with E-state index in [9.17, 15) is 9.59 Å². The highest BCUT2D eigenvalue weighted by atomic mass is 16.2. The topological polar surface area (TPSA) is 40.6 Å². The molecule has 2 atom stereocenters. The van der Waals surface area contributed by atoms with Gasteiger partial charge in [-0.2, -0.15) is 0 Å². The van der Waals surface area contributed by atoms with Crippen molar-refractivity contribution in [3.8, 4) is 0 Å². The van der Waals surface area contributed by atoms with Crippen LogP contribution in [0.15, 0.2) is 36.4 Å². The van der Waals surface area contributed by atoms with Crippen molar-refractivity contribution >= 4 is 23.2 Å². The summed E-state index contributed by atoms with van der Waals surface area (Å²) >= 11 is 0. The number of fused-ring (bicyclic) bond motifs is 2. The van der Waals surface area contributed by atoms with Gasteiger partial charge in [0.2, 0.25) is 11.8 Å². The van der Waals surface area contributed by atoms with Crippen molar-refractivity contribution in [2.75, 3.05) is 23.9 Å². The van der Waals surface area contributed by atoms with Crippen LogP contribution in [0.5, 0.6) is 0 Å². The lowest BCUT2D eigenvalue weighted by atomic mass is 9.82. The van der Waals surface area contributed by atoms with Crippen molar-refractivity contribution in [3.05, 3.63) is 58.7 Å². The fourth-order valence-corrected chi connectivity index (χ4v) is 3.98. The maximum Gasteiger partial charge on any atom is 0.235 e. The van der Waals surface area contributed by atoms with Crippen LogP contribution in [0.25, 0.3) is 0 Å². The molecule has 2 aromatic rings. The fraction of sp³-hybridized carbons (Fsp3) is 0.300. The minimum atomic E-state index is -0.440. The second-order valence-corrected chi connectivity index (χ2v) is 6.87. The number of benzene rings is 2. The first-order chi connectivity index (χ1) is 11.4.